The maximum absolute atomic E-state index is 13.2. The van der Waals surface area contributed by atoms with Crippen LogP contribution in [0.3, 0.4) is 0 Å². The first kappa shape index (κ1) is 20.0. The third-order valence-electron chi connectivity index (χ3n) is 3.64. The third kappa shape index (κ3) is 4.76. The molecule has 28 heavy (non-hydrogen) atoms. The van der Waals surface area contributed by atoms with Crippen molar-refractivity contribution in [2.45, 2.75) is 11.1 Å². The molecule has 0 saturated carbocycles. The molecule has 0 atom stereocenters. The summed E-state index contributed by atoms with van der Waals surface area (Å²) < 4.78 is 72.0. The molecule has 9 heteroatoms. The highest BCUT2D eigenvalue weighted by molar-refractivity contribution is 7.92. The second-order valence-electron chi connectivity index (χ2n) is 5.68. The molecule has 0 aromatic heterocycles. The van der Waals surface area contributed by atoms with Gasteiger partial charge in [0.2, 0.25) is 0 Å². The molecular formula is C19H13ClF3NO3S. The Morgan fingerprint density at radius 2 is 1.46 bits per heavy atom. The van der Waals surface area contributed by atoms with Crippen molar-refractivity contribution in [3.05, 3.63) is 83.4 Å². The number of ether oxygens (including phenoxy) is 1. The van der Waals surface area contributed by atoms with Gasteiger partial charge in [-0.15, -0.1) is 0 Å². The normalized spacial score (nSPS) is 11.9. The first-order valence-electron chi connectivity index (χ1n) is 7.88. The lowest BCUT2D eigenvalue weighted by Gasteiger charge is -2.15. The predicted molar refractivity (Wildman–Crippen MR) is 100 cm³/mol. The molecule has 0 bridgehead atoms. The maximum Gasteiger partial charge on any atom is 0.418 e. The van der Waals surface area contributed by atoms with Gasteiger partial charge in [-0.1, -0.05) is 29.8 Å². The molecule has 0 saturated heterocycles. The molecule has 0 heterocycles. The summed E-state index contributed by atoms with van der Waals surface area (Å²) in [5.74, 6) is 0.944. The Labute approximate surface area is 164 Å². The van der Waals surface area contributed by atoms with Crippen LogP contribution >= 0.6 is 11.6 Å². The predicted octanol–water partition coefficient (Wildman–Crippen LogP) is 5.95. The SMILES string of the molecule is O=S(=O)(Nc1ccc(Cl)cc1C(F)(F)F)c1ccc(Oc2ccccc2)cc1. The molecule has 3 rings (SSSR count). The van der Waals surface area contributed by atoms with Gasteiger partial charge in [0.15, 0.2) is 0 Å². The van der Waals surface area contributed by atoms with E-state index in [1.807, 2.05) is 10.8 Å². The number of para-hydroxylation sites is 1. The van der Waals surface area contributed by atoms with Crippen molar-refractivity contribution in [1.29, 1.82) is 0 Å². The summed E-state index contributed by atoms with van der Waals surface area (Å²) in [6.07, 6.45) is -4.77. The Kier molecular flexibility index (Phi) is 5.53. The highest BCUT2D eigenvalue weighted by Crippen LogP contribution is 2.37. The van der Waals surface area contributed by atoms with Crippen molar-refractivity contribution < 1.29 is 26.3 Å². The van der Waals surface area contributed by atoms with E-state index in [0.717, 1.165) is 6.07 Å². The van der Waals surface area contributed by atoms with Gasteiger partial charge in [-0.3, -0.25) is 4.72 Å². The minimum atomic E-state index is -4.77. The second-order valence-corrected chi connectivity index (χ2v) is 7.80. The second kappa shape index (κ2) is 7.73. The largest absolute Gasteiger partial charge is 0.457 e. The summed E-state index contributed by atoms with van der Waals surface area (Å²) in [4.78, 5) is -0.212. The van der Waals surface area contributed by atoms with Crippen LogP contribution in [0, 0.1) is 0 Å². The molecule has 3 aromatic rings. The fourth-order valence-corrected chi connectivity index (χ4v) is 3.61. The fourth-order valence-electron chi connectivity index (χ4n) is 2.36. The zero-order valence-electron chi connectivity index (χ0n) is 14.1. The quantitative estimate of drug-likeness (QED) is 0.547. The zero-order chi connectivity index (χ0) is 20.4. The van der Waals surface area contributed by atoms with Crippen LogP contribution in [0.25, 0.3) is 0 Å². The number of rotatable bonds is 5. The van der Waals surface area contributed by atoms with Crippen LogP contribution in [-0.4, -0.2) is 8.42 Å². The average Bonchev–Trinajstić information content (AvgIpc) is 2.63. The highest BCUT2D eigenvalue weighted by Gasteiger charge is 2.35. The lowest BCUT2D eigenvalue weighted by Crippen LogP contribution is -2.17. The van der Waals surface area contributed by atoms with E-state index in [9.17, 15) is 21.6 Å². The molecule has 4 nitrogen and oxygen atoms in total. The van der Waals surface area contributed by atoms with E-state index >= 15 is 0 Å². The van der Waals surface area contributed by atoms with E-state index in [1.165, 1.54) is 30.3 Å². The Hall–Kier alpha value is -2.71. The molecule has 146 valence electrons. The molecule has 0 spiro atoms. The van der Waals surface area contributed by atoms with Crippen LogP contribution in [0.15, 0.2) is 77.7 Å². The summed E-state index contributed by atoms with van der Waals surface area (Å²) in [6, 6.07) is 16.9. The van der Waals surface area contributed by atoms with E-state index in [0.29, 0.717) is 17.6 Å². The number of sulfonamides is 1. The smallest absolute Gasteiger partial charge is 0.418 e. The van der Waals surface area contributed by atoms with Gasteiger partial charge in [-0.2, -0.15) is 13.2 Å². The summed E-state index contributed by atoms with van der Waals surface area (Å²) >= 11 is 5.60. The third-order valence-corrected chi connectivity index (χ3v) is 5.26. The van der Waals surface area contributed by atoms with Gasteiger partial charge >= 0.3 is 6.18 Å². The standard InChI is InChI=1S/C19H13ClF3NO3S/c20-13-6-11-18(17(12-13)19(21,22)23)24-28(25,26)16-9-7-15(8-10-16)27-14-4-2-1-3-5-14/h1-12,24H. The van der Waals surface area contributed by atoms with E-state index < -0.39 is 27.5 Å². The van der Waals surface area contributed by atoms with Crippen molar-refractivity contribution in [2.24, 2.45) is 0 Å². The molecule has 0 radical (unpaired) electrons. The molecular weight excluding hydrogens is 415 g/mol. The van der Waals surface area contributed by atoms with Gasteiger partial charge in [0, 0.05) is 5.02 Å². The Bertz CT molecular complexity index is 1070. The van der Waals surface area contributed by atoms with Gasteiger partial charge in [0.25, 0.3) is 10.0 Å². The minimum Gasteiger partial charge on any atom is -0.457 e. The van der Waals surface area contributed by atoms with E-state index in [1.54, 1.807) is 24.3 Å². The van der Waals surface area contributed by atoms with Crippen LogP contribution in [0.5, 0.6) is 11.5 Å². The van der Waals surface area contributed by atoms with Gasteiger partial charge in [0.1, 0.15) is 11.5 Å². The number of hydrogen-bond donors (Lipinski definition) is 1. The molecule has 3 aromatic carbocycles. The van der Waals surface area contributed by atoms with Gasteiger partial charge < -0.3 is 4.74 Å². The topological polar surface area (TPSA) is 55.4 Å². The van der Waals surface area contributed by atoms with Gasteiger partial charge in [0.05, 0.1) is 16.1 Å². The summed E-state index contributed by atoms with van der Waals surface area (Å²) in [5.41, 5.74) is -1.78. The van der Waals surface area contributed by atoms with Crippen LogP contribution in [0.2, 0.25) is 5.02 Å². The van der Waals surface area contributed by atoms with Crippen molar-refractivity contribution in [1.82, 2.24) is 0 Å². The number of benzene rings is 3. The Morgan fingerprint density at radius 3 is 2.07 bits per heavy atom. The summed E-state index contributed by atoms with van der Waals surface area (Å²) in [6.45, 7) is 0. The van der Waals surface area contributed by atoms with Crippen LogP contribution in [0.1, 0.15) is 5.56 Å². The minimum absolute atomic E-state index is 0.155. The zero-order valence-corrected chi connectivity index (χ0v) is 15.6. The van der Waals surface area contributed by atoms with E-state index in [2.05, 4.69) is 0 Å². The van der Waals surface area contributed by atoms with Crippen molar-refractivity contribution in [3.63, 3.8) is 0 Å². The Morgan fingerprint density at radius 1 is 0.857 bits per heavy atom. The molecule has 0 amide bonds. The molecule has 1 N–H and O–H groups in total. The van der Waals surface area contributed by atoms with Crippen molar-refractivity contribution in [3.8, 4) is 11.5 Å². The van der Waals surface area contributed by atoms with Crippen LogP contribution in [-0.2, 0) is 16.2 Å². The van der Waals surface area contributed by atoms with Gasteiger partial charge in [-0.05, 0) is 54.6 Å². The lowest BCUT2D eigenvalue weighted by atomic mass is 10.2. The molecule has 0 fully saturated rings. The van der Waals surface area contributed by atoms with Crippen LogP contribution < -0.4 is 9.46 Å². The first-order valence-corrected chi connectivity index (χ1v) is 9.74. The fraction of sp³-hybridized carbons (Fsp3) is 0.0526. The average molecular weight is 428 g/mol. The Balaban J connectivity index is 1.84. The molecule has 0 aliphatic rings. The number of nitrogens with one attached hydrogen (secondary N) is 1. The van der Waals surface area contributed by atoms with E-state index in [4.69, 9.17) is 16.3 Å². The lowest BCUT2D eigenvalue weighted by molar-refractivity contribution is -0.136. The molecule has 0 aliphatic heterocycles. The number of halogens is 4. The summed E-state index contributed by atoms with van der Waals surface area (Å²) in [5, 5.41) is -0.155. The number of anilines is 1. The van der Waals surface area contributed by atoms with E-state index in [-0.39, 0.29) is 9.92 Å². The number of hydrogen-bond acceptors (Lipinski definition) is 3. The van der Waals surface area contributed by atoms with Gasteiger partial charge in [-0.25, -0.2) is 8.42 Å². The highest BCUT2D eigenvalue weighted by atomic mass is 35.5. The van der Waals surface area contributed by atoms with Crippen molar-refractivity contribution in [2.75, 3.05) is 4.72 Å². The summed E-state index contributed by atoms with van der Waals surface area (Å²) in [7, 11) is -4.25. The molecule has 0 aliphatic carbocycles. The van der Waals surface area contributed by atoms with Crippen LogP contribution in [0.4, 0.5) is 18.9 Å². The number of alkyl halides is 3. The molecule has 0 unspecified atom stereocenters. The maximum atomic E-state index is 13.2. The van der Waals surface area contributed by atoms with Crippen molar-refractivity contribution >= 4 is 27.3 Å². The first-order chi connectivity index (χ1) is 13.1. The monoisotopic (exact) mass is 427 g/mol.